The van der Waals surface area contributed by atoms with Crippen molar-refractivity contribution < 1.29 is 4.79 Å². The van der Waals surface area contributed by atoms with E-state index in [0.29, 0.717) is 6.42 Å². The number of carbonyl (C=O) groups is 1. The molecule has 1 unspecified atom stereocenters. The molecule has 6 nitrogen and oxygen atoms in total. The van der Waals surface area contributed by atoms with Gasteiger partial charge in [0.2, 0.25) is 5.91 Å². The molecular weight excluding hydrogens is 421 g/mol. The highest BCUT2D eigenvalue weighted by Gasteiger charge is 2.28. The number of nitrogens with one attached hydrogen (secondary N) is 1. The van der Waals surface area contributed by atoms with E-state index in [4.69, 9.17) is 0 Å². The topological polar surface area (TPSA) is 51.7 Å². The summed E-state index contributed by atoms with van der Waals surface area (Å²) in [4.78, 5) is 24.1. The molecule has 3 heterocycles. The summed E-state index contributed by atoms with van der Waals surface area (Å²) >= 11 is 0. The van der Waals surface area contributed by atoms with Gasteiger partial charge in [0.25, 0.3) is 0 Å². The minimum atomic E-state index is 0. The van der Waals surface area contributed by atoms with E-state index in [1.807, 2.05) is 17.2 Å². The van der Waals surface area contributed by atoms with Crippen molar-refractivity contribution in [3.8, 4) is 0 Å². The van der Waals surface area contributed by atoms with Crippen molar-refractivity contribution in [2.75, 3.05) is 57.3 Å². The van der Waals surface area contributed by atoms with Crippen LogP contribution in [0.15, 0.2) is 54.9 Å². The number of nitrogens with zero attached hydrogens (tertiary/aromatic N) is 4. The summed E-state index contributed by atoms with van der Waals surface area (Å²) in [6, 6.07) is 14.7. The van der Waals surface area contributed by atoms with Gasteiger partial charge < -0.3 is 15.1 Å². The number of halogens is 2. The number of benzene rings is 1. The van der Waals surface area contributed by atoms with Crippen LogP contribution in [0.5, 0.6) is 0 Å². The molecule has 1 N–H and O–H groups in total. The van der Waals surface area contributed by atoms with Crippen molar-refractivity contribution in [3.05, 3.63) is 60.4 Å². The molecule has 0 saturated carbocycles. The average Bonchev–Trinajstić information content (AvgIpc) is 2.79. The van der Waals surface area contributed by atoms with E-state index in [1.54, 1.807) is 6.20 Å². The van der Waals surface area contributed by atoms with Crippen molar-refractivity contribution in [3.63, 3.8) is 0 Å². The smallest absolute Gasteiger partial charge is 0.224 e. The number of hydrogen-bond acceptors (Lipinski definition) is 5. The highest BCUT2D eigenvalue weighted by molar-refractivity contribution is 5.85. The molecule has 2 aromatic rings. The monoisotopic (exact) mass is 451 g/mol. The Hall–Kier alpha value is -1.86. The summed E-state index contributed by atoms with van der Waals surface area (Å²) in [5.74, 6) is 0.251. The number of hydrogen-bond donors (Lipinski definition) is 1. The quantitative estimate of drug-likeness (QED) is 0.756. The molecule has 2 fully saturated rings. The number of para-hydroxylation sites is 1. The van der Waals surface area contributed by atoms with Gasteiger partial charge in [-0.05, 0) is 23.8 Å². The largest absolute Gasteiger partial charge is 0.369 e. The Bertz CT molecular complexity index is 757. The third-order valence-corrected chi connectivity index (χ3v) is 5.77. The fourth-order valence-corrected chi connectivity index (χ4v) is 4.14. The van der Waals surface area contributed by atoms with Crippen LogP contribution in [0.25, 0.3) is 0 Å². The van der Waals surface area contributed by atoms with Gasteiger partial charge in [-0.3, -0.25) is 14.7 Å². The number of rotatable bonds is 5. The number of amides is 1. The summed E-state index contributed by atoms with van der Waals surface area (Å²) < 4.78 is 0. The van der Waals surface area contributed by atoms with E-state index in [2.05, 4.69) is 56.5 Å². The zero-order valence-corrected chi connectivity index (χ0v) is 18.8. The summed E-state index contributed by atoms with van der Waals surface area (Å²) in [6.45, 7) is 7.32. The molecule has 30 heavy (non-hydrogen) atoms. The number of aromatic nitrogens is 1. The fourth-order valence-electron chi connectivity index (χ4n) is 4.14. The Morgan fingerprint density at radius 2 is 1.77 bits per heavy atom. The van der Waals surface area contributed by atoms with Gasteiger partial charge in [0, 0.05) is 76.9 Å². The van der Waals surface area contributed by atoms with E-state index in [0.717, 1.165) is 57.9 Å². The Morgan fingerprint density at radius 1 is 1.00 bits per heavy atom. The standard InChI is InChI=1S/C22H29N5O.2ClH/c28-22(27-12-10-24-18-21(27)19-5-4-9-23-17-19)8-11-25-13-15-26(16-14-25)20-6-2-1-3-7-20;;/h1-7,9,17,21,24H,8,10-16,18H2;2*1H. The van der Waals surface area contributed by atoms with Crippen LogP contribution in [0.1, 0.15) is 18.0 Å². The molecule has 4 rings (SSSR count). The molecule has 0 spiro atoms. The van der Waals surface area contributed by atoms with Gasteiger partial charge in [-0.2, -0.15) is 0 Å². The van der Waals surface area contributed by atoms with Crippen LogP contribution in [0.2, 0.25) is 0 Å². The summed E-state index contributed by atoms with van der Waals surface area (Å²) in [5.41, 5.74) is 2.40. The maximum atomic E-state index is 13.0. The van der Waals surface area contributed by atoms with Crippen LogP contribution in [0.4, 0.5) is 5.69 Å². The first-order chi connectivity index (χ1) is 13.8. The minimum absolute atomic E-state index is 0. The zero-order chi connectivity index (χ0) is 19.2. The van der Waals surface area contributed by atoms with Gasteiger partial charge in [0.15, 0.2) is 0 Å². The van der Waals surface area contributed by atoms with Crippen LogP contribution in [-0.2, 0) is 4.79 Å². The van der Waals surface area contributed by atoms with Crippen LogP contribution < -0.4 is 10.2 Å². The van der Waals surface area contributed by atoms with Gasteiger partial charge in [-0.25, -0.2) is 0 Å². The third-order valence-electron chi connectivity index (χ3n) is 5.77. The Labute approximate surface area is 191 Å². The highest BCUT2D eigenvalue weighted by atomic mass is 35.5. The maximum Gasteiger partial charge on any atom is 0.224 e. The highest BCUT2D eigenvalue weighted by Crippen LogP contribution is 2.22. The van der Waals surface area contributed by atoms with Crippen molar-refractivity contribution in [2.45, 2.75) is 12.5 Å². The van der Waals surface area contributed by atoms with Crippen molar-refractivity contribution in [1.29, 1.82) is 0 Å². The van der Waals surface area contributed by atoms with E-state index in [1.165, 1.54) is 5.69 Å². The van der Waals surface area contributed by atoms with Gasteiger partial charge in [0.1, 0.15) is 0 Å². The molecule has 2 aliphatic heterocycles. The fraction of sp³-hybridized carbons (Fsp3) is 0.455. The first-order valence-corrected chi connectivity index (χ1v) is 10.2. The molecule has 2 saturated heterocycles. The molecule has 1 aromatic heterocycles. The first kappa shape index (κ1) is 24.4. The summed E-state index contributed by atoms with van der Waals surface area (Å²) in [7, 11) is 0. The van der Waals surface area contributed by atoms with Gasteiger partial charge in [0.05, 0.1) is 6.04 Å². The SMILES string of the molecule is Cl.Cl.O=C(CCN1CCN(c2ccccc2)CC1)N1CCNCC1c1cccnc1. The summed E-state index contributed by atoms with van der Waals surface area (Å²) in [5, 5.41) is 3.41. The van der Waals surface area contributed by atoms with E-state index in [9.17, 15) is 4.79 Å². The van der Waals surface area contributed by atoms with Crippen LogP contribution in [0, 0.1) is 0 Å². The number of piperazine rings is 2. The predicted octanol–water partition coefficient (Wildman–Crippen LogP) is 2.61. The molecule has 0 bridgehead atoms. The second-order valence-corrected chi connectivity index (χ2v) is 7.51. The van der Waals surface area contributed by atoms with Gasteiger partial charge in [-0.15, -0.1) is 24.8 Å². The first-order valence-electron chi connectivity index (χ1n) is 10.2. The van der Waals surface area contributed by atoms with E-state index >= 15 is 0 Å². The molecule has 1 aromatic carbocycles. The molecule has 1 atom stereocenters. The van der Waals surface area contributed by atoms with Crippen LogP contribution >= 0.6 is 24.8 Å². The average molecular weight is 452 g/mol. The van der Waals surface area contributed by atoms with Gasteiger partial charge in [-0.1, -0.05) is 24.3 Å². The zero-order valence-electron chi connectivity index (χ0n) is 17.2. The molecule has 1 amide bonds. The van der Waals surface area contributed by atoms with Crippen molar-refractivity contribution in [1.82, 2.24) is 20.1 Å². The van der Waals surface area contributed by atoms with Crippen molar-refractivity contribution >= 4 is 36.4 Å². The number of anilines is 1. The van der Waals surface area contributed by atoms with E-state index < -0.39 is 0 Å². The lowest BCUT2D eigenvalue weighted by molar-refractivity contribution is -0.135. The van der Waals surface area contributed by atoms with Crippen molar-refractivity contribution in [2.24, 2.45) is 0 Å². The summed E-state index contributed by atoms with van der Waals surface area (Å²) in [6.07, 6.45) is 4.24. The minimum Gasteiger partial charge on any atom is -0.369 e. The Morgan fingerprint density at radius 3 is 2.47 bits per heavy atom. The second-order valence-electron chi connectivity index (χ2n) is 7.51. The van der Waals surface area contributed by atoms with Gasteiger partial charge >= 0.3 is 0 Å². The molecule has 164 valence electrons. The Balaban J connectivity index is 0.00000160. The predicted molar refractivity (Wildman–Crippen MR) is 126 cm³/mol. The van der Waals surface area contributed by atoms with Crippen LogP contribution in [-0.4, -0.2) is 73.0 Å². The lowest BCUT2D eigenvalue weighted by Crippen LogP contribution is -2.50. The van der Waals surface area contributed by atoms with E-state index in [-0.39, 0.29) is 36.8 Å². The molecular formula is C22H31Cl2N5O. The second kappa shape index (κ2) is 12.1. The Kier molecular flexibility index (Phi) is 9.85. The lowest BCUT2D eigenvalue weighted by Gasteiger charge is -2.38. The maximum absolute atomic E-state index is 13.0. The third kappa shape index (κ3) is 6.08. The molecule has 0 radical (unpaired) electrons. The van der Waals surface area contributed by atoms with Crippen LogP contribution in [0.3, 0.4) is 0 Å². The number of carbonyl (C=O) groups excluding carboxylic acids is 1. The normalized spacial score (nSPS) is 19.5. The molecule has 8 heteroatoms. The number of pyridine rings is 1. The molecule has 2 aliphatic rings. The molecule has 0 aliphatic carbocycles. The lowest BCUT2D eigenvalue weighted by atomic mass is 10.0.